The van der Waals surface area contributed by atoms with Gasteiger partial charge in [0, 0.05) is 23.1 Å². The Labute approximate surface area is 228 Å². The van der Waals surface area contributed by atoms with Crippen LogP contribution in [0.25, 0.3) is 0 Å². The van der Waals surface area contributed by atoms with Gasteiger partial charge in [-0.25, -0.2) is 4.39 Å². The summed E-state index contributed by atoms with van der Waals surface area (Å²) in [6, 6.07) is -0.214. The van der Waals surface area contributed by atoms with Crippen LogP contribution in [0.2, 0.25) is 0 Å². The molecule has 1 aliphatic heterocycles. The molecule has 1 aromatic carbocycles. The number of carbonyl (C=O) groups is 4. The molecule has 4 atom stereocenters. The first-order valence-corrected chi connectivity index (χ1v) is 13.0. The molecule has 3 aliphatic carbocycles. The maximum absolute atomic E-state index is 15.4. The van der Waals surface area contributed by atoms with E-state index in [0.29, 0.717) is 0 Å². The number of halogens is 1. The maximum Gasteiger partial charge on any atom is 0.255 e. The molecule has 0 bridgehead atoms. The number of aliphatic hydroxyl groups is 3. The highest BCUT2D eigenvalue weighted by molar-refractivity contribution is 6.25. The van der Waals surface area contributed by atoms with Gasteiger partial charge in [0.25, 0.3) is 5.91 Å². The monoisotopic (exact) mass is 558 g/mol. The van der Waals surface area contributed by atoms with Crippen LogP contribution in [0, 0.1) is 17.7 Å². The lowest BCUT2D eigenvalue weighted by atomic mass is 9.58. The smallest absolute Gasteiger partial charge is 0.255 e. The molecule has 4 aliphatic rings. The summed E-state index contributed by atoms with van der Waals surface area (Å²) in [6.07, 6.45) is 1.56. The van der Waals surface area contributed by atoms with Crippen molar-refractivity contribution in [3.05, 3.63) is 45.7 Å². The highest BCUT2D eigenvalue weighted by Crippen LogP contribution is 2.53. The molecule has 1 aromatic rings. The minimum atomic E-state index is -2.79. The number of nitrogens with one attached hydrogen (secondary N) is 1. The Hall–Kier alpha value is -3.81. The van der Waals surface area contributed by atoms with Crippen LogP contribution in [0.4, 0.5) is 10.1 Å². The number of rotatable bonds is 5. The van der Waals surface area contributed by atoms with Gasteiger partial charge in [-0.3, -0.25) is 29.0 Å². The van der Waals surface area contributed by atoms with Crippen LogP contribution < -0.4 is 11.1 Å². The molecule has 1 saturated heterocycles. The highest BCUT2D eigenvalue weighted by atomic mass is 19.1. The number of aliphatic hydroxyl groups excluding tert-OH is 2. The van der Waals surface area contributed by atoms with Crippen LogP contribution in [0.15, 0.2) is 28.7 Å². The van der Waals surface area contributed by atoms with Gasteiger partial charge in [0.2, 0.25) is 11.7 Å². The normalized spacial score (nSPS) is 28.5. The van der Waals surface area contributed by atoms with Crippen LogP contribution in [0.3, 0.4) is 0 Å². The fraction of sp³-hybridized carbons (Fsp3) is 0.481. The number of carbonyl (C=O) groups excluding carboxylic acids is 4. The van der Waals surface area contributed by atoms with Crippen molar-refractivity contribution in [2.24, 2.45) is 17.6 Å². The van der Waals surface area contributed by atoms with Crippen molar-refractivity contribution < 1.29 is 44.0 Å². The van der Waals surface area contributed by atoms with Crippen molar-refractivity contribution in [2.75, 3.05) is 39.0 Å². The molecule has 12 nitrogen and oxygen atoms in total. The molecule has 0 saturated carbocycles. The number of nitrogens with two attached hydrogens (primary N) is 1. The number of allylic oxidation sites excluding steroid dienone is 1. The SMILES string of the molecule is CN(C)[C@H]1C(O)=C(C(N)=O)C(=O)[C@@]2(O)C(O)=C3C(=O)c4c(O)c(NC(=O)CN5CCCC5)cc(F)c4C[C@H]3C[C@@H]12. The van der Waals surface area contributed by atoms with E-state index in [1.54, 1.807) is 0 Å². The second-order valence-corrected chi connectivity index (χ2v) is 11.1. The fourth-order valence-corrected chi connectivity index (χ4v) is 6.70. The summed E-state index contributed by atoms with van der Waals surface area (Å²) >= 11 is 0. The highest BCUT2D eigenvalue weighted by Gasteiger charge is 2.63. The van der Waals surface area contributed by atoms with Crippen LogP contribution in [-0.4, -0.2) is 99.0 Å². The number of benzene rings is 1. The molecule has 1 fully saturated rings. The molecule has 40 heavy (non-hydrogen) atoms. The quantitative estimate of drug-likeness (QED) is 0.216. The number of fused-ring (bicyclic) bond motifs is 3. The van der Waals surface area contributed by atoms with Crippen LogP contribution >= 0.6 is 0 Å². The standard InChI is InChI=1S/C27H31FN4O8/c1-31(2)20-13-8-11-7-12-14(28)9-15(30-16(33)10-32-5-3-4-6-32)21(34)18(12)22(35)17(11)24(37)27(13,40)25(38)19(23(20)36)26(29)39/h9,11,13,20,34,36-37,40H,3-8,10H2,1-2H3,(H2,29,39)(H,30,33)/t11-,13-,20+,27-/m0/s1. The molecular weight excluding hydrogens is 527 g/mol. The lowest BCUT2D eigenvalue weighted by molar-refractivity contribution is -0.148. The van der Waals surface area contributed by atoms with Gasteiger partial charge in [0.1, 0.15) is 22.9 Å². The van der Waals surface area contributed by atoms with Crippen molar-refractivity contribution in [2.45, 2.75) is 37.3 Å². The summed E-state index contributed by atoms with van der Waals surface area (Å²) in [5.74, 6) is -9.63. The van der Waals surface area contributed by atoms with E-state index in [1.807, 2.05) is 4.90 Å². The zero-order chi connectivity index (χ0) is 29.3. The minimum Gasteiger partial charge on any atom is -0.510 e. The van der Waals surface area contributed by atoms with Gasteiger partial charge in [0.05, 0.1) is 23.8 Å². The number of phenols is 1. The Balaban J connectivity index is 1.58. The number of aromatic hydroxyl groups is 1. The second kappa shape index (κ2) is 9.68. The predicted octanol–water partition coefficient (Wildman–Crippen LogP) is 0.294. The van der Waals surface area contributed by atoms with E-state index in [2.05, 4.69) is 5.32 Å². The molecule has 13 heteroatoms. The van der Waals surface area contributed by atoms with Crippen molar-refractivity contribution in [3.8, 4) is 5.75 Å². The van der Waals surface area contributed by atoms with E-state index in [1.165, 1.54) is 19.0 Å². The number of ketones is 2. The number of amides is 2. The van der Waals surface area contributed by atoms with Gasteiger partial charge in [-0.2, -0.15) is 0 Å². The van der Waals surface area contributed by atoms with E-state index < -0.39 is 86.7 Å². The van der Waals surface area contributed by atoms with Gasteiger partial charge in [-0.05, 0) is 58.8 Å². The average molecular weight is 559 g/mol. The Morgan fingerprint density at radius 3 is 2.45 bits per heavy atom. The van der Waals surface area contributed by atoms with Crippen LogP contribution in [-0.2, 0) is 20.8 Å². The Bertz CT molecular complexity index is 1410. The second-order valence-electron chi connectivity index (χ2n) is 11.1. The average Bonchev–Trinajstić information content (AvgIpc) is 3.37. The fourth-order valence-electron chi connectivity index (χ4n) is 6.70. The number of primary amides is 1. The summed E-state index contributed by atoms with van der Waals surface area (Å²) in [5, 5.41) is 47.1. The molecule has 1 heterocycles. The number of hydrogen-bond acceptors (Lipinski definition) is 10. The van der Waals surface area contributed by atoms with Crippen LogP contribution in [0.5, 0.6) is 5.75 Å². The molecule has 0 radical (unpaired) electrons. The zero-order valence-electron chi connectivity index (χ0n) is 22.0. The molecular formula is C27H31FN4O8. The number of anilines is 1. The third kappa shape index (κ3) is 3.99. The minimum absolute atomic E-state index is 0.0201. The molecule has 214 valence electrons. The Morgan fingerprint density at radius 1 is 1.20 bits per heavy atom. The number of phenolic OH excluding ortho intramolecular Hbond substituents is 1. The van der Waals surface area contributed by atoms with Gasteiger partial charge >= 0.3 is 0 Å². The van der Waals surface area contributed by atoms with E-state index in [-0.39, 0.29) is 30.6 Å². The molecule has 2 amide bonds. The molecule has 5 rings (SSSR count). The third-order valence-electron chi connectivity index (χ3n) is 8.51. The number of likely N-dealkylation sites (tertiary alicyclic amines) is 1. The third-order valence-corrected chi connectivity index (χ3v) is 8.51. The van der Waals surface area contributed by atoms with E-state index in [0.717, 1.165) is 32.0 Å². The number of likely N-dealkylation sites (N-methyl/N-ethyl adjacent to an activating group) is 1. The topological polar surface area (TPSA) is 194 Å². The first-order valence-electron chi connectivity index (χ1n) is 13.0. The van der Waals surface area contributed by atoms with E-state index in [9.17, 15) is 39.6 Å². The van der Waals surface area contributed by atoms with E-state index >= 15 is 4.39 Å². The molecule has 0 aromatic heterocycles. The Morgan fingerprint density at radius 2 is 1.85 bits per heavy atom. The van der Waals surface area contributed by atoms with Gasteiger partial charge < -0.3 is 31.5 Å². The van der Waals surface area contributed by atoms with Gasteiger partial charge in [0.15, 0.2) is 17.1 Å². The van der Waals surface area contributed by atoms with Crippen LogP contribution in [0.1, 0.15) is 35.2 Å². The first-order chi connectivity index (χ1) is 18.8. The molecule has 7 N–H and O–H groups in total. The predicted molar refractivity (Wildman–Crippen MR) is 138 cm³/mol. The number of hydrogen-bond donors (Lipinski definition) is 6. The van der Waals surface area contributed by atoms with E-state index in [4.69, 9.17) is 5.73 Å². The van der Waals surface area contributed by atoms with Crippen molar-refractivity contribution in [3.63, 3.8) is 0 Å². The van der Waals surface area contributed by atoms with Crippen molar-refractivity contribution in [1.29, 1.82) is 0 Å². The maximum atomic E-state index is 15.4. The first kappa shape index (κ1) is 27.7. The summed E-state index contributed by atoms with van der Waals surface area (Å²) in [4.78, 5) is 55.0. The van der Waals surface area contributed by atoms with Gasteiger partial charge in [-0.15, -0.1) is 0 Å². The summed E-state index contributed by atoms with van der Waals surface area (Å²) in [7, 11) is 3.04. The van der Waals surface area contributed by atoms with Crippen molar-refractivity contribution in [1.82, 2.24) is 9.80 Å². The van der Waals surface area contributed by atoms with Gasteiger partial charge in [-0.1, -0.05) is 0 Å². The number of Topliss-reactive ketones (excluding diaryl/α,β-unsaturated/α-hetero) is 2. The number of nitrogens with zero attached hydrogens (tertiary/aromatic N) is 2. The van der Waals surface area contributed by atoms with Crippen molar-refractivity contribution >= 4 is 29.1 Å². The molecule has 0 spiro atoms. The Kier molecular flexibility index (Phi) is 6.71. The summed E-state index contributed by atoms with van der Waals surface area (Å²) < 4.78 is 15.4. The summed E-state index contributed by atoms with van der Waals surface area (Å²) in [5.41, 5.74) is 0.233. The lowest BCUT2D eigenvalue weighted by Gasteiger charge is -2.50. The zero-order valence-corrected chi connectivity index (χ0v) is 22.0. The molecule has 0 unspecified atom stereocenters. The summed E-state index contributed by atoms with van der Waals surface area (Å²) in [6.45, 7) is 1.48. The lowest BCUT2D eigenvalue weighted by Crippen LogP contribution is -2.63. The largest absolute Gasteiger partial charge is 0.510 e.